The van der Waals surface area contributed by atoms with E-state index in [0.717, 1.165) is 24.7 Å². The molecule has 0 aliphatic heterocycles. The van der Waals surface area contributed by atoms with Crippen molar-refractivity contribution in [1.29, 1.82) is 0 Å². The molecule has 0 unspecified atom stereocenters. The van der Waals surface area contributed by atoms with E-state index in [1.165, 1.54) is 16.9 Å². The van der Waals surface area contributed by atoms with E-state index in [9.17, 15) is 13.2 Å². The lowest BCUT2D eigenvalue weighted by Gasteiger charge is -2.06. The fourth-order valence-corrected chi connectivity index (χ4v) is 2.27. The van der Waals surface area contributed by atoms with Gasteiger partial charge in [-0.05, 0) is 24.9 Å². The molecule has 2 aromatic rings. The van der Waals surface area contributed by atoms with Gasteiger partial charge in [0.2, 0.25) is 0 Å². The third-order valence-electron chi connectivity index (χ3n) is 2.75. The quantitative estimate of drug-likeness (QED) is 0.832. The molecule has 0 atom stereocenters. The zero-order chi connectivity index (χ0) is 14.6. The summed E-state index contributed by atoms with van der Waals surface area (Å²) in [4.78, 5) is 4.08. The highest BCUT2D eigenvalue weighted by molar-refractivity contribution is 7.98. The third kappa shape index (κ3) is 3.56. The zero-order valence-corrected chi connectivity index (χ0v) is 11.8. The molecule has 8 heteroatoms. The van der Waals surface area contributed by atoms with Crippen LogP contribution in [-0.2, 0) is 6.18 Å². The number of hydrogen-bond acceptors (Lipinski definition) is 4. The average Bonchev–Trinajstić information content (AvgIpc) is 2.83. The lowest BCUT2D eigenvalue weighted by molar-refractivity contribution is -0.141. The average molecular weight is 304 g/mol. The lowest BCUT2D eigenvalue weighted by Crippen LogP contribution is -2.06. The van der Waals surface area contributed by atoms with Crippen LogP contribution in [0.2, 0.25) is 0 Å². The number of nitrogens with zero attached hydrogens (tertiary/aromatic N) is 3. The molecule has 2 aromatic heterocycles. The predicted molar refractivity (Wildman–Crippen MR) is 74.1 cm³/mol. The van der Waals surface area contributed by atoms with Crippen LogP contribution in [0.15, 0.2) is 18.5 Å². The van der Waals surface area contributed by atoms with E-state index in [-0.39, 0.29) is 0 Å². The van der Waals surface area contributed by atoms with Gasteiger partial charge < -0.3 is 5.32 Å². The summed E-state index contributed by atoms with van der Waals surface area (Å²) in [6.45, 7) is 0.680. The largest absolute Gasteiger partial charge is 0.435 e. The van der Waals surface area contributed by atoms with Crippen molar-refractivity contribution in [2.75, 3.05) is 23.9 Å². The second-order valence-electron chi connectivity index (χ2n) is 4.26. The van der Waals surface area contributed by atoms with Gasteiger partial charge in [0.25, 0.3) is 0 Å². The highest BCUT2D eigenvalue weighted by Crippen LogP contribution is 2.29. The maximum absolute atomic E-state index is 12.6. The summed E-state index contributed by atoms with van der Waals surface area (Å²) in [6, 6.07) is 1.01. The van der Waals surface area contributed by atoms with E-state index in [2.05, 4.69) is 15.4 Å². The van der Waals surface area contributed by atoms with Crippen LogP contribution in [0.4, 0.5) is 19.0 Å². The second kappa shape index (κ2) is 6.34. The number of thioether (sulfide) groups is 1. The van der Waals surface area contributed by atoms with Gasteiger partial charge in [0.15, 0.2) is 11.5 Å². The first-order chi connectivity index (χ1) is 9.52. The van der Waals surface area contributed by atoms with Gasteiger partial charge in [-0.1, -0.05) is 0 Å². The second-order valence-corrected chi connectivity index (χ2v) is 5.25. The standard InChI is InChI=1S/C12H15F3N4S/c1-20-7-3-2-4-16-11-9-8-10(12(13,14)15)18-19(9)6-5-17-11/h5-6,8H,2-4,7H2,1H3,(H,16,17). The Kier molecular flexibility index (Phi) is 4.74. The molecular formula is C12H15F3N4S. The number of nitrogens with one attached hydrogen (secondary N) is 1. The summed E-state index contributed by atoms with van der Waals surface area (Å²) in [6.07, 6.45) is 2.45. The van der Waals surface area contributed by atoms with E-state index in [1.54, 1.807) is 11.8 Å². The number of alkyl halides is 3. The fraction of sp³-hybridized carbons (Fsp3) is 0.500. The maximum atomic E-state index is 12.6. The van der Waals surface area contributed by atoms with E-state index < -0.39 is 11.9 Å². The van der Waals surface area contributed by atoms with E-state index >= 15 is 0 Å². The Labute approximate surface area is 118 Å². The number of anilines is 1. The third-order valence-corrected chi connectivity index (χ3v) is 3.44. The van der Waals surface area contributed by atoms with Crippen molar-refractivity contribution in [3.8, 4) is 0 Å². The SMILES string of the molecule is CSCCCCNc1nccn2nc(C(F)(F)F)cc12. The van der Waals surface area contributed by atoms with Crippen LogP contribution in [-0.4, -0.2) is 33.2 Å². The van der Waals surface area contributed by atoms with Crippen molar-refractivity contribution in [1.82, 2.24) is 14.6 Å². The number of hydrogen-bond donors (Lipinski definition) is 1. The van der Waals surface area contributed by atoms with Crippen LogP contribution >= 0.6 is 11.8 Å². The molecule has 2 heterocycles. The van der Waals surface area contributed by atoms with Gasteiger partial charge in [-0.25, -0.2) is 9.50 Å². The zero-order valence-electron chi connectivity index (χ0n) is 10.9. The molecule has 0 bridgehead atoms. The molecule has 0 spiro atoms. The molecule has 0 radical (unpaired) electrons. The molecule has 0 aliphatic rings. The van der Waals surface area contributed by atoms with Crippen molar-refractivity contribution in [2.24, 2.45) is 0 Å². The van der Waals surface area contributed by atoms with Gasteiger partial charge in [0.1, 0.15) is 5.52 Å². The molecule has 0 saturated heterocycles. The van der Waals surface area contributed by atoms with Crippen molar-refractivity contribution < 1.29 is 13.2 Å². The minimum atomic E-state index is -4.44. The molecule has 4 nitrogen and oxygen atoms in total. The summed E-state index contributed by atoms with van der Waals surface area (Å²) in [7, 11) is 0. The smallest absolute Gasteiger partial charge is 0.368 e. The minimum absolute atomic E-state index is 0.338. The van der Waals surface area contributed by atoms with E-state index in [1.807, 2.05) is 6.26 Å². The normalized spacial score (nSPS) is 12.0. The molecule has 0 amide bonds. The Balaban J connectivity index is 2.11. The number of fused-ring (bicyclic) bond motifs is 1. The molecule has 2 rings (SSSR count). The van der Waals surface area contributed by atoms with E-state index in [4.69, 9.17) is 0 Å². The lowest BCUT2D eigenvalue weighted by atomic mass is 10.3. The Bertz CT molecular complexity index is 567. The van der Waals surface area contributed by atoms with Crippen LogP contribution in [0.5, 0.6) is 0 Å². The van der Waals surface area contributed by atoms with Crippen LogP contribution in [0, 0.1) is 0 Å². The van der Waals surface area contributed by atoms with E-state index in [0.29, 0.717) is 17.9 Å². The van der Waals surface area contributed by atoms with Gasteiger partial charge in [0, 0.05) is 25.0 Å². The van der Waals surface area contributed by atoms with Crippen LogP contribution < -0.4 is 5.32 Å². The molecule has 0 aromatic carbocycles. The Hall–Kier alpha value is -1.44. The van der Waals surface area contributed by atoms with Crippen molar-refractivity contribution in [2.45, 2.75) is 19.0 Å². The van der Waals surface area contributed by atoms with Crippen molar-refractivity contribution >= 4 is 23.1 Å². The van der Waals surface area contributed by atoms with Gasteiger partial charge in [-0.3, -0.25) is 0 Å². The highest BCUT2D eigenvalue weighted by Gasteiger charge is 2.34. The van der Waals surface area contributed by atoms with Crippen LogP contribution in [0.25, 0.3) is 5.52 Å². The predicted octanol–water partition coefficient (Wildman–Crippen LogP) is 3.30. The molecule has 20 heavy (non-hydrogen) atoms. The van der Waals surface area contributed by atoms with Crippen LogP contribution in [0.1, 0.15) is 18.5 Å². The molecule has 0 fully saturated rings. The molecular weight excluding hydrogens is 289 g/mol. The monoisotopic (exact) mass is 304 g/mol. The van der Waals surface area contributed by atoms with Gasteiger partial charge >= 0.3 is 6.18 Å². The van der Waals surface area contributed by atoms with Gasteiger partial charge in [0.05, 0.1) is 0 Å². The molecule has 110 valence electrons. The first-order valence-electron chi connectivity index (χ1n) is 6.17. The Morgan fingerprint density at radius 3 is 2.85 bits per heavy atom. The summed E-state index contributed by atoms with van der Waals surface area (Å²) in [5.41, 5.74) is -0.569. The van der Waals surface area contributed by atoms with Crippen molar-refractivity contribution in [3.05, 3.63) is 24.2 Å². The van der Waals surface area contributed by atoms with Crippen molar-refractivity contribution in [3.63, 3.8) is 0 Å². The van der Waals surface area contributed by atoms with Crippen LogP contribution in [0.3, 0.4) is 0 Å². The number of unbranched alkanes of at least 4 members (excludes halogenated alkanes) is 1. The Morgan fingerprint density at radius 1 is 1.35 bits per heavy atom. The van der Waals surface area contributed by atoms with Gasteiger partial charge in [-0.15, -0.1) is 0 Å². The minimum Gasteiger partial charge on any atom is -0.368 e. The number of aromatic nitrogens is 3. The first-order valence-corrected chi connectivity index (χ1v) is 7.56. The summed E-state index contributed by atoms with van der Waals surface area (Å²) in [5, 5.41) is 6.57. The highest BCUT2D eigenvalue weighted by atomic mass is 32.2. The summed E-state index contributed by atoms with van der Waals surface area (Å²) < 4.78 is 39.1. The number of rotatable bonds is 6. The van der Waals surface area contributed by atoms with Gasteiger partial charge in [-0.2, -0.15) is 30.0 Å². The molecule has 0 saturated carbocycles. The summed E-state index contributed by atoms with van der Waals surface area (Å²) >= 11 is 1.77. The summed E-state index contributed by atoms with van der Waals surface area (Å²) in [5.74, 6) is 1.50. The topological polar surface area (TPSA) is 42.2 Å². The Morgan fingerprint density at radius 2 is 2.15 bits per heavy atom. The number of halogens is 3. The first kappa shape index (κ1) is 15.0. The maximum Gasteiger partial charge on any atom is 0.435 e. The molecule has 0 aliphatic carbocycles. The molecule has 1 N–H and O–H groups in total. The fourth-order valence-electron chi connectivity index (χ4n) is 1.78.